The number of hydrogen-bond donors (Lipinski definition) is 2. The summed E-state index contributed by atoms with van der Waals surface area (Å²) in [5.74, 6) is -0.373. The predicted molar refractivity (Wildman–Crippen MR) is 115 cm³/mol. The third-order valence-electron chi connectivity index (χ3n) is 5.62. The van der Waals surface area contributed by atoms with E-state index in [1.165, 1.54) is 14.0 Å². The van der Waals surface area contributed by atoms with E-state index in [1.54, 1.807) is 24.0 Å². The zero-order chi connectivity index (χ0) is 23.0. The number of carbonyl (C=O) groups excluding carboxylic acids is 2. The number of esters is 1. The molecule has 0 radical (unpaired) electrons. The van der Waals surface area contributed by atoms with Gasteiger partial charge in [-0.05, 0) is 32.0 Å². The summed E-state index contributed by atoms with van der Waals surface area (Å²) in [6, 6.07) is 5.29. The molecule has 11 heteroatoms. The van der Waals surface area contributed by atoms with Gasteiger partial charge in [-0.2, -0.15) is 0 Å². The Kier molecular flexibility index (Phi) is 5.78. The molecule has 2 N–H and O–H groups in total. The van der Waals surface area contributed by atoms with Crippen LogP contribution >= 0.6 is 0 Å². The second kappa shape index (κ2) is 8.40. The van der Waals surface area contributed by atoms with Crippen molar-refractivity contribution in [1.82, 2.24) is 19.8 Å². The largest absolute Gasteiger partial charge is 0.465 e. The van der Waals surface area contributed by atoms with Gasteiger partial charge in [0.05, 0.1) is 12.7 Å². The van der Waals surface area contributed by atoms with Crippen LogP contribution in [0.15, 0.2) is 27.6 Å². The molecular weight excluding hydrogens is 436 g/mol. The van der Waals surface area contributed by atoms with Gasteiger partial charge in [0.2, 0.25) is 15.9 Å². The van der Waals surface area contributed by atoms with E-state index in [0.717, 1.165) is 22.2 Å². The van der Waals surface area contributed by atoms with Crippen molar-refractivity contribution in [3.05, 3.63) is 46.5 Å². The van der Waals surface area contributed by atoms with Crippen LogP contribution in [0, 0.1) is 13.8 Å². The molecule has 1 aliphatic heterocycles. The highest BCUT2D eigenvalue weighted by Gasteiger charge is 2.26. The van der Waals surface area contributed by atoms with Gasteiger partial charge in [-0.1, -0.05) is 5.16 Å². The number of benzene rings is 1. The molecule has 32 heavy (non-hydrogen) atoms. The molecule has 1 aliphatic rings. The number of fused-ring (bicyclic) bond motifs is 3. The molecule has 170 valence electrons. The number of rotatable bonds is 6. The summed E-state index contributed by atoms with van der Waals surface area (Å²) >= 11 is 0. The van der Waals surface area contributed by atoms with Gasteiger partial charge >= 0.3 is 5.97 Å². The van der Waals surface area contributed by atoms with Crippen LogP contribution in [-0.2, 0) is 32.5 Å². The predicted octanol–water partition coefficient (Wildman–Crippen LogP) is 1.81. The van der Waals surface area contributed by atoms with Crippen LogP contribution in [0.25, 0.3) is 10.9 Å². The normalized spacial score (nSPS) is 13.9. The molecule has 0 saturated carbocycles. The van der Waals surface area contributed by atoms with E-state index >= 15 is 0 Å². The van der Waals surface area contributed by atoms with Crippen LogP contribution in [0.1, 0.15) is 39.5 Å². The number of nitrogens with zero attached hydrogens (tertiary/aromatic N) is 2. The van der Waals surface area contributed by atoms with Crippen LogP contribution in [0.4, 0.5) is 0 Å². The lowest BCUT2D eigenvalue weighted by Crippen LogP contribution is -2.38. The number of methoxy groups -OCH3 is 1. The lowest BCUT2D eigenvalue weighted by Gasteiger charge is -2.27. The zero-order valence-corrected chi connectivity index (χ0v) is 18.8. The Morgan fingerprint density at radius 3 is 2.78 bits per heavy atom. The van der Waals surface area contributed by atoms with E-state index in [1.807, 2.05) is 6.07 Å². The number of amides is 1. The van der Waals surface area contributed by atoms with E-state index < -0.39 is 16.0 Å². The van der Waals surface area contributed by atoms with Gasteiger partial charge in [-0.15, -0.1) is 0 Å². The van der Waals surface area contributed by atoms with Crippen LogP contribution in [0.5, 0.6) is 0 Å². The monoisotopic (exact) mass is 460 g/mol. The SMILES string of the molecule is COC(=O)c1ccc2[nH]c3c(c2c1)CN(C(=O)CCNS(=O)(=O)c1c(C)noc1C)CC3. The first-order valence-electron chi connectivity index (χ1n) is 10.1. The summed E-state index contributed by atoms with van der Waals surface area (Å²) in [4.78, 5) is 29.7. The Morgan fingerprint density at radius 2 is 2.09 bits per heavy atom. The molecule has 0 fully saturated rings. The van der Waals surface area contributed by atoms with Gasteiger partial charge in [0, 0.05) is 54.6 Å². The number of H-pyrrole nitrogens is 1. The molecule has 3 heterocycles. The number of carbonyl (C=O) groups is 2. The topological polar surface area (TPSA) is 135 Å². The molecule has 0 bridgehead atoms. The molecule has 3 aromatic rings. The maximum Gasteiger partial charge on any atom is 0.337 e. The molecule has 0 unspecified atom stereocenters. The van der Waals surface area contributed by atoms with Crippen molar-refractivity contribution in [2.75, 3.05) is 20.2 Å². The van der Waals surface area contributed by atoms with E-state index in [-0.39, 0.29) is 35.2 Å². The number of aromatic nitrogens is 2. The van der Waals surface area contributed by atoms with Gasteiger partial charge in [-0.3, -0.25) is 4.79 Å². The number of aromatic amines is 1. The van der Waals surface area contributed by atoms with Crippen molar-refractivity contribution in [3.8, 4) is 0 Å². The summed E-state index contributed by atoms with van der Waals surface area (Å²) < 4.78 is 37.2. The van der Waals surface area contributed by atoms with Crippen molar-refractivity contribution in [2.24, 2.45) is 0 Å². The minimum Gasteiger partial charge on any atom is -0.465 e. The summed E-state index contributed by atoms with van der Waals surface area (Å²) in [5, 5.41) is 4.54. The lowest BCUT2D eigenvalue weighted by atomic mass is 10.0. The smallest absolute Gasteiger partial charge is 0.337 e. The average Bonchev–Trinajstić information content (AvgIpc) is 3.31. The van der Waals surface area contributed by atoms with Crippen molar-refractivity contribution in [3.63, 3.8) is 0 Å². The van der Waals surface area contributed by atoms with Crippen molar-refractivity contribution < 1.29 is 27.3 Å². The van der Waals surface area contributed by atoms with Crippen LogP contribution in [-0.4, -0.2) is 55.5 Å². The summed E-state index contributed by atoms with van der Waals surface area (Å²) in [7, 11) is -2.48. The fourth-order valence-corrected chi connectivity index (χ4v) is 5.41. The molecule has 4 rings (SSSR count). The van der Waals surface area contributed by atoms with E-state index in [2.05, 4.69) is 14.9 Å². The molecule has 1 aromatic carbocycles. The summed E-state index contributed by atoms with van der Waals surface area (Å²) in [6.07, 6.45) is 0.668. The zero-order valence-electron chi connectivity index (χ0n) is 18.0. The maximum absolute atomic E-state index is 12.8. The summed E-state index contributed by atoms with van der Waals surface area (Å²) in [6.45, 7) is 3.95. The second-order valence-corrected chi connectivity index (χ2v) is 9.40. The lowest BCUT2D eigenvalue weighted by molar-refractivity contribution is -0.131. The number of aryl methyl sites for hydroxylation is 2. The molecule has 0 saturated heterocycles. The van der Waals surface area contributed by atoms with E-state index in [4.69, 9.17) is 9.26 Å². The standard InChI is InChI=1S/C21H24N4O6S/c1-12-20(13(2)31-24-12)32(28,29)22-8-6-19(26)25-9-7-18-16(11-25)15-10-14(21(27)30-3)4-5-17(15)23-18/h4-5,10,22-23H,6-9,11H2,1-3H3. The highest BCUT2D eigenvalue weighted by molar-refractivity contribution is 7.89. The van der Waals surface area contributed by atoms with Crippen LogP contribution in [0.2, 0.25) is 0 Å². The Bertz CT molecular complexity index is 1290. The molecular formula is C21H24N4O6S. The highest BCUT2D eigenvalue weighted by Crippen LogP contribution is 2.29. The Balaban J connectivity index is 1.44. The fourth-order valence-electron chi connectivity index (χ4n) is 4.05. The Morgan fingerprint density at radius 1 is 1.31 bits per heavy atom. The first-order chi connectivity index (χ1) is 15.2. The average molecular weight is 461 g/mol. The number of sulfonamides is 1. The molecule has 1 amide bonds. The fraction of sp³-hybridized carbons (Fsp3) is 0.381. The Labute approximate surface area is 184 Å². The highest BCUT2D eigenvalue weighted by atomic mass is 32.2. The van der Waals surface area contributed by atoms with Gasteiger partial charge in [-0.25, -0.2) is 17.9 Å². The van der Waals surface area contributed by atoms with Gasteiger partial charge in [0.25, 0.3) is 0 Å². The first-order valence-corrected chi connectivity index (χ1v) is 11.6. The molecule has 0 atom stereocenters. The van der Waals surface area contributed by atoms with Crippen LogP contribution in [0.3, 0.4) is 0 Å². The van der Waals surface area contributed by atoms with E-state index in [9.17, 15) is 18.0 Å². The van der Waals surface area contributed by atoms with Gasteiger partial charge in [0.1, 0.15) is 10.6 Å². The third kappa shape index (κ3) is 4.00. The number of nitrogens with one attached hydrogen (secondary N) is 2. The van der Waals surface area contributed by atoms with Gasteiger partial charge < -0.3 is 19.1 Å². The third-order valence-corrected chi connectivity index (χ3v) is 7.32. The first kappa shape index (κ1) is 22.0. The molecule has 10 nitrogen and oxygen atoms in total. The summed E-state index contributed by atoms with van der Waals surface area (Å²) in [5.41, 5.74) is 3.60. The maximum atomic E-state index is 12.8. The number of hydrogen-bond acceptors (Lipinski definition) is 7. The van der Waals surface area contributed by atoms with Crippen molar-refractivity contribution in [2.45, 2.75) is 38.1 Å². The Hall–Kier alpha value is -3.18. The molecule has 0 spiro atoms. The molecule has 0 aliphatic carbocycles. The minimum atomic E-state index is -3.81. The number of ether oxygens (including phenoxy) is 1. The minimum absolute atomic E-state index is 0.00719. The van der Waals surface area contributed by atoms with Crippen molar-refractivity contribution >= 4 is 32.8 Å². The quantitative estimate of drug-likeness (QED) is 0.536. The second-order valence-electron chi connectivity index (χ2n) is 7.70. The van der Waals surface area contributed by atoms with Gasteiger partial charge in [0.15, 0.2) is 5.76 Å². The van der Waals surface area contributed by atoms with Crippen LogP contribution < -0.4 is 4.72 Å². The van der Waals surface area contributed by atoms with E-state index in [0.29, 0.717) is 25.1 Å². The van der Waals surface area contributed by atoms with Crippen molar-refractivity contribution in [1.29, 1.82) is 0 Å². The molecule has 2 aromatic heterocycles.